The van der Waals surface area contributed by atoms with Crippen LogP contribution in [0.4, 0.5) is 17.5 Å². The van der Waals surface area contributed by atoms with Gasteiger partial charge in [-0.3, -0.25) is 9.69 Å². The van der Waals surface area contributed by atoms with Gasteiger partial charge in [0.1, 0.15) is 18.2 Å². The van der Waals surface area contributed by atoms with Crippen LogP contribution in [0.3, 0.4) is 0 Å². The molecule has 4 heterocycles. The van der Waals surface area contributed by atoms with Crippen molar-refractivity contribution in [2.24, 2.45) is 0 Å². The summed E-state index contributed by atoms with van der Waals surface area (Å²) in [6.45, 7) is 3.85. The Morgan fingerprint density at radius 1 is 1.12 bits per heavy atom. The topological polar surface area (TPSA) is 122 Å². The number of hydrogen-bond acceptors (Lipinski definition) is 8. The first-order valence-corrected chi connectivity index (χ1v) is 11.0. The molecule has 0 spiro atoms. The van der Waals surface area contributed by atoms with Crippen LogP contribution in [0.15, 0.2) is 59.8 Å². The number of rotatable bonds is 7. The molecule has 5 rings (SSSR count). The lowest BCUT2D eigenvalue weighted by atomic mass is 10.1. The molecule has 9 heteroatoms. The summed E-state index contributed by atoms with van der Waals surface area (Å²) in [5.41, 5.74) is 7.50. The Morgan fingerprint density at radius 2 is 1.94 bits per heavy atom. The van der Waals surface area contributed by atoms with Crippen LogP contribution in [0.25, 0.3) is 22.0 Å². The van der Waals surface area contributed by atoms with Crippen molar-refractivity contribution in [2.75, 3.05) is 37.3 Å². The second kappa shape index (κ2) is 9.25. The van der Waals surface area contributed by atoms with Crippen molar-refractivity contribution >= 4 is 28.2 Å². The minimum atomic E-state index is -0.222. The summed E-state index contributed by atoms with van der Waals surface area (Å²) in [5, 5.41) is 4.52. The van der Waals surface area contributed by atoms with Crippen molar-refractivity contribution in [1.82, 2.24) is 24.8 Å². The van der Waals surface area contributed by atoms with Crippen molar-refractivity contribution in [3.05, 3.63) is 65.3 Å². The molecular formula is C24H25N7O2. The summed E-state index contributed by atoms with van der Waals surface area (Å²) >= 11 is 0. The molecule has 0 atom stereocenters. The number of benzene rings is 1. The minimum absolute atomic E-state index is 0.191. The third-order valence-electron chi connectivity index (χ3n) is 5.69. The Bertz CT molecular complexity index is 1310. The van der Waals surface area contributed by atoms with Gasteiger partial charge >= 0.3 is 0 Å². The van der Waals surface area contributed by atoms with Crippen LogP contribution in [0.1, 0.15) is 12.8 Å². The van der Waals surface area contributed by atoms with E-state index in [1.54, 1.807) is 18.6 Å². The number of anilines is 3. The van der Waals surface area contributed by atoms with E-state index < -0.39 is 0 Å². The summed E-state index contributed by atoms with van der Waals surface area (Å²) in [7, 11) is 0. The number of fused-ring (bicyclic) bond motifs is 1. The fourth-order valence-corrected chi connectivity index (χ4v) is 4.02. The monoisotopic (exact) mass is 443 g/mol. The van der Waals surface area contributed by atoms with Gasteiger partial charge in [0, 0.05) is 42.5 Å². The highest BCUT2D eigenvalue weighted by Gasteiger charge is 2.13. The Labute approximate surface area is 190 Å². The molecule has 1 fully saturated rings. The van der Waals surface area contributed by atoms with Gasteiger partial charge in [-0.1, -0.05) is 6.07 Å². The van der Waals surface area contributed by atoms with Crippen molar-refractivity contribution in [1.29, 1.82) is 0 Å². The van der Waals surface area contributed by atoms with E-state index in [4.69, 9.17) is 15.5 Å². The first-order chi connectivity index (χ1) is 16.2. The number of aromatic nitrogens is 4. The molecule has 9 nitrogen and oxygen atoms in total. The van der Waals surface area contributed by atoms with Crippen LogP contribution in [-0.2, 0) is 0 Å². The number of nitrogens with one attached hydrogen (secondary N) is 2. The number of nitrogen functional groups attached to an aromatic ring is 1. The molecule has 1 aromatic carbocycles. The van der Waals surface area contributed by atoms with E-state index >= 15 is 0 Å². The summed E-state index contributed by atoms with van der Waals surface area (Å²) < 4.78 is 5.96. The van der Waals surface area contributed by atoms with Crippen LogP contribution in [0.2, 0.25) is 0 Å². The normalized spacial score (nSPS) is 13.9. The molecule has 4 aromatic rings. The lowest BCUT2D eigenvalue weighted by molar-refractivity contribution is 0.238. The summed E-state index contributed by atoms with van der Waals surface area (Å²) in [5.74, 6) is 1.40. The number of aromatic amines is 1. The molecule has 1 aliphatic rings. The van der Waals surface area contributed by atoms with Crippen LogP contribution < -0.4 is 21.3 Å². The third kappa shape index (κ3) is 4.78. The standard InChI is InChI=1S/C24H25N7O2/c25-24-27-14-17(15-28-24)20-12-16-6-7-26-23(32)21(16)22(30-20)29-18-4-3-5-19(13-18)33-11-10-31-8-1-2-9-31/h3-7,12-15H,1-2,8-11H2,(H,26,32)(H,29,30)(H2,25,27,28). The molecule has 0 saturated carbocycles. The van der Waals surface area contributed by atoms with Gasteiger partial charge in [-0.15, -0.1) is 0 Å². The lowest BCUT2D eigenvalue weighted by Crippen LogP contribution is -2.25. The molecule has 0 aliphatic carbocycles. The maximum Gasteiger partial charge on any atom is 0.259 e. The zero-order valence-corrected chi connectivity index (χ0v) is 18.1. The molecule has 1 aliphatic heterocycles. The number of pyridine rings is 2. The van der Waals surface area contributed by atoms with Gasteiger partial charge in [0.2, 0.25) is 5.95 Å². The van der Waals surface area contributed by atoms with E-state index in [-0.39, 0.29) is 11.5 Å². The first kappa shape index (κ1) is 20.9. The summed E-state index contributed by atoms with van der Waals surface area (Å²) in [6.07, 6.45) is 7.37. The number of ether oxygens (including phenoxy) is 1. The second-order valence-electron chi connectivity index (χ2n) is 8.01. The van der Waals surface area contributed by atoms with Gasteiger partial charge < -0.3 is 20.8 Å². The van der Waals surface area contributed by atoms with E-state index in [1.807, 2.05) is 36.4 Å². The predicted molar refractivity (Wildman–Crippen MR) is 129 cm³/mol. The van der Waals surface area contributed by atoms with Crippen LogP contribution in [0, 0.1) is 0 Å². The molecule has 0 radical (unpaired) electrons. The molecule has 4 N–H and O–H groups in total. The highest BCUT2D eigenvalue weighted by molar-refractivity contribution is 5.95. The quantitative estimate of drug-likeness (QED) is 0.398. The number of nitrogens with zero attached hydrogens (tertiary/aromatic N) is 4. The van der Waals surface area contributed by atoms with E-state index in [0.29, 0.717) is 29.1 Å². The van der Waals surface area contributed by atoms with Gasteiger partial charge in [-0.2, -0.15) is 0 Å². The molecule has 168 valence electrons. The summed E-state index contributed by atoms with van der Waals surface area (Å²) in [4.78, 5) is 30.6. The first-order valence-electron chi connectivity index (χ1n) is 11.0. The van der Waals surface area contributed by atoms with Crippen molar-refractivity contribution in [3.8, 4) is 17.0 Å². The maximum atomic E-state index is 12.6. The van der Waals surface area contributed by atoms with E-state index in [2.05, 4.69) is 25.2 Å². The van der Waals surface area contributed by atoms with E-state index in [1.165, 1.54) is 12.8 Å². The fraction of sp³-hybridized carbons (Fsp3) is 0.250. The fourth-order valence-electron chi connectivity index (χ4n) is 4.02. The number of hydrogen-bond donors (Lipinski definition) is 3. The zero-order valence-electron chi connectivity index (χ0n) is 18.1. The van der Waals surface area contributed by atoms with Crippen LogP contribution in [-0.4, -0.2) is 51.1 Å². The molecule has 33 heavy (non-hydrogen) atoms. The number of likely N-dealkylation sites (tertiary alicyclic amines) is 1. The maximum absolute atomic E-state index is 12.6. The Balaban J connectivity index is 1.43. The number of H-pyrrole nitrogens is 1. The average Bonchev–Trinajstić information content (AvgIpc) is 3.33. The highest BCUT2D eigenvalue weighted by atomic mass is 16.5. The molecular weight excluding hydrogens is 418 g/mol. The van der Waals surface area contributed by atoms with Crippen molar-refractivity contribution in [3.63, 3.8) is 0 Å². The van der Waals surface area contributed by atoms with Crippen molar-refractivity contribution < 1.29 is 4.74 Å². The number of nitrogens with two attached hydrogens (primary N) is 1. The Hall–Kier alpha value is -3.98. The van der Waals surface area contributed by atoms with Gasteiger partial charge in [-0.05, 0) is 55.6 Å². The molecule has 0 amide bonds. The SMILES string of the molecule is Nc1ncc(-c2cc3cc[nH]c(=O)c3c(Nc3cccc(OCCN4CCCC4)c3)n2)cn1. The Morgan fingerprint density at radius 3 is 2.76 bits per heavy atom. The minimum Gasteiger partial charge on any atom is -0.492 e. The van der Waals surface area contributed by atoms with E-state index in [9.17, 15) is 4.79 Å². The molecule has 1 saturated heterocycles. The molecule has 0 bridgehead atoms. The highest BCUT2D eigenvalue weighted by Crippen LogP contribution is 2.28. The summed E-state index contributed by atoms with van der Waals surface area (Å²) in [6, 6.07) is 11.3. The molecule has 0 unspecified atom stereocenters. The third-order valence-corrected chi connectivity index (χ3v) is 5.69. The van der Waals surface area contributed by atoms with Gasteiger partial charge in [0.15, 0.2) is 0 Å². The largest absolute Gasteiger partial charge is 0.492 e. The smallest absolute Gasteiger partial charge is 0.259 e. The van der Waals surface area contributed by atoms with Gasteiger partial charge in [-0.25, -0.2) is 15.0 Å². The van der Waals surface area contributed by atoms with Crippen molar-refractivity contribution in [2.45, 2.75) is 12.8 Å². The predicted octanol–water partition coefficient (Wildman–Crippen LogP) is 3.18. The lowest BCUT2D eigenvalue weighted by Gasteiger charge is -2.15. The Kier molecular flexibility index (Phi) is 5.86. The van der Waals surface area contributed by atoms with Gasteiger partial charge in [0.05, 0.1) is 11.1 Å². The zero-order chi connectivity index (χ0) is 22.6. The second-order valence-corrected chi connectivity index (χ2v) is 8.01. The van der Waals surface area contributed by atoms with Crippen LogP contribution in [0.5, 0.6) is 5.75 Å². The average molecular weight is 444 g/mol. The molecule has 3 aromatic heterocycles. The van der Waals surface area contributed by atoms with Gasteiger partial charge in [0.25, 0.3) is 5.56 Å². The van der Waals surface area contributed by atoms with Crippen LogP contribution >= 0.6 is 0 Å². The van der Waals surface area contributed by atoms with E-state index in [0.717, 1.165) is 36.5 Å².